The molecule has 0 saturated heterocycles. The zero-order valence-corrected chi connectivity index (χ0v) is 21.4. The highest BCUT2D eigenvalue weighted by Crippen LogP contribution is 2.65. The molecule has 34 heavy (non-hydrogen) atoms. The van der Waals surface area contributed by atoms with Crippen LogP contribution >= 0.6 is 58.0 Å². The van der Waals surface area contributed by atoms with Crippen molar-refractivity contribution < 1.29 is 14.0 Å². The van der Waals surface area contributed by atoms with E-state index < -0.39 is 22.1 Å². The molecular formula is C25H17Cl5FNO2. The topological polar surface area (TPSA) is 46.2 Å². The van der Waals surface area contributed by atoms with E-state index in [0.29, 0.717) is 32.4 Å². The SMILES string of the molecule is Cc1cc(CC(=O)c2cc(NC(=O)C3C(c4cc(Cl)cc(Cl)c4)C3(Cl)Cl)ccc2Cl)ccc1F. The number of carbonyl (C=O) groups is 2. The van der Waals surface area contributed by atoms with E-state index in [9.17, 15) is 14.0 Å². The van der Waals surface area contributed by atoms with Crippen LogP contribution in [0.2, 0.25) is 15.1 Å². The molecule has 1 amide bonds. The molecule has 3 aromatic carbocycles. The van der Waals surface area contributed by atoms with Gasteiger partial charge >= 0.3 is 0 Å². The van der Waals surface area contributed by atoms with E-state index in [1.807, 2.05) is 0 Å². The average Bonchev–Trinajstić information content (AvgIpc) is 3.33. The summed E-state index contributed by atoms with van der Waals surface area (Å²) in [6.07, 6.45) is 0.0327. The number of nitrogens with one attached hydrogen (secondary N) is 1. The molecule has 9 heteroatoms. The molecule has 0 bridgehead atoms. The van der Waals surface area contributed by atoms with Crippen molar-refractivity contribution >= 4 is 75.4 Å². The minimum Gasteiger partial charge on any atom is -0.326 e. The summed E-state index contributed by atoms with van der Waals surface area (Å²) >= 11 is 31.2. The van der Waals surface area contributed by atoms with Crippen molar-refractivity contribution in [1.29, 1.82) is 0 Å². The first-order valence-corrected chi connectivity index (χ1v) is 12.1. The maximum absolute atomic E-state index is 13.5. The van der Waals surface area contributed by atoms with Crippen LogP contribution in [-0.4, -0.2) is 16.0 Å². The number of halogens is 6. The average molecular weight is 560 g/mol. The lowest BCUT2D eigenvalue weighted by atomic mass is 10.0. The van der Waals surface area contributed by atoms with Gasteiger partial charge in [-0.05, 0) is 66.1 Å². The molecule has 3 aromatic rings. The van der Waals surface area contributed by atoms with Crippen LogP contribution < -0.4 is 5.32 Å². The Balaban J connectivity index is 1.51. The smallest absolute Gasteiger partial charge is 0.231 e. The van der Waals surface area contributed by atoms with Crippen molar-refractivity contribution in [3.8, 4) is 0 Å². The van der Waals surface area contributed by atoms with Crippen LogP contribution in [-0.2, 0) is 11.2 Å². The summed E-state index contributed by atoms with van der Waals surface area (Å²) in [7, 11) is 0. The van der Waals surface area contributed by atoms with E-state index in [-0.39, 0.29) is 28.6 Å². The zero-order valence-electron chi connectivity index (χ0n) is 17.6. The van der Waals surface area contributed by atoms with Crippen molar-refractivity contribution in [2.75, 3.05) is 5.32 Å². The Labute approximate surface area is 221 Å². The predicted molar refractivity (Wildman–Crippen MR) is 136 cm³/mol. The number of alkyl halides is 2. The molecule has 2 unspecified atom stereocenters. The molecule has 1 aliphatic carbocycles. The fraction of sp³-hybridized carbons (Fsp3) is 0.200. The first-order chi connectivity index (χ1) is 16.0. The second-order valence-electron chi connectivity index (χ2n) is 8.20. The fourth-order valence-electron chi connectivity index (χ4n) is 3.96. The molecule has 0 aliphatic heterocycles. The summed E-state index contributed by atoms with van der Waals surface area (Å²) in [6.45, 7) is 1.63. The van der Waals surface area contributed by atoms with Gasteiger partial charge in [0.25, 0.3) is 0 Å². The lowest BCUT2D eigenvalue weighted by Crippen LogP contribution is -2.17. The number of hydrogen-bond acceptors (Lipinski definition) is 2. The maximum Gasteiger partial charge on any atom is 0.231 e. The molecular weight excluding hydrogens is 543 g/mol. The highest BCUT2D eigenvalue weighted by Gasteiger charge is 2.67. The van der Waals surface area contributed by atoms with Gasteiger partial charge in [-0.1, -0.05) is 46.9 Å². The van der Waals surface area contributed by atoms with Gasteiger partial charge in [0, 0.05) is 33.6 Å². The minimum atomic E-state index is -1.33. The number of hydrogen-bond donors (Lipinski definition) is 1. The van der Waals surface area contributed by atoms with Crippen LogP contribution in [0.5, 0.6) is 0 Å². The second-order valence-corrected chi connectivity index (χ2v) is 10.9. The van der Waals surface area contributed by atoms with E-state index in [1.54, 1.807) is 43.3 Å². The van der Waals surface area contributed by atoms with Crippen molar-refractivity contribution in [3.63, 3.8) is 0 Å². The van der Waals surface area contributed by atoms with E-state index in [0.717, 1.165) is 0 Å². The summed E-state index contributed by atoms with van der Waals surface area (Å²) in [6, 6.07) is 14.0. The minimum absolute atomic E-state index is 0.0327. The number of ketones is 1. The van der Waals surface area contributed by atoms with Crippen LogP contribution in [0.1, 0.15) is 33.0 Å². The monoisotopic (exact) mass is 557 g/mol. The van der Waals surface area contributed by atoms with Gasteiger partial charge in [-0.2, -0.15) is 0 Å². The van der Waals surface area contributed by atoms with Gasteiger partial charge in [0.1, 0.15) is 10.2 Å². The molecule has 3 nitrogen and oxygen atoms in total. The second kappa shape index (κ2) is 9.67. The van der Waals surface area contributed by atoms with Crippen molar-refractivity contribution in [2.45, 2.75) is 23.6 Å². The Morgan fingerprint density at radius 2 is 1.65 bits per heavy atom. The number of anilines is 1. The molecule has 0 spiro atoms. The van der Waals surface area contributed by atoms with Gasteiger partial charge in [-0.15, -0.1) is 23.2 Å². The van der Waals surface area contributed by atoms with E-state index >= 15 is 0 Å². The molecule has 0 aromatic heterocycles. The molecule has 0 heterocycles. The summed E-state index contributed by atoms with van der Waals surface area (Å²) < 4.78 is 12.2. The maximum atomic E-state index is 13.5. The molecule has 0 radical (unpaired) electrons. The van der Waals surface area contributed by atoms with Crippen LogP contribution in [0.25, 0.3) is 0 Å². The molecule has 2 atom stereocenters. The number of benzene rings is 3. The first kappa shape index (κ1) is 25.3. The summed E-state index contributed by atoms with van der Waals surface area (Å²) in [5, 5.41) is 3.82. The molecule has 1 N–H and O–H groups in total. The Kier molecular flexibility index (Phi) is 7.19. The molecule has 4 rings (SSSR count). The van der Waals surface area contributed by atoms with Gasteiger partial charge in [-0.3, -0.25) is 9.59 Å². The Morgan fingerprint density at radius 1 is 0.971 bits per heavy atom. The molecule has 176 valence electrons. The number of Topliss-reactive ketones (excluding diaryl/α,β-unsaturated/α-hetero) is 1. The van der Waals surface area contributed by atoms with E-state index in [4.69, 9.17) is 58.0 Å². The first-order valence-electron chi connectivity index (χ1n) is 10.2. The van der Waals surface area contributed by atoms with Crippen LogP contribution in [0.4, 0.5) is 10.1 Å². The number of aryl methyl sites for hydroxylation is 1. The van der Waals surface area contributed by atoms with E-state index in [2.05, 4.69) is 5.32 Å². The number of amides is 1. The molecule has 1 fully saturated rings. The van der Waals surface area contributed by atoms with Crippen molar-refractivity contribution in [1.82, 2.24) is 0 Å². The Hall–Kier alpha value is -1.82. The summed E-state index contributed by atoms with van der Waals surface area (Å²) in [5.41, 5.74) is 2.36. The normalized spacial score (nSPS) is 18.4. The highest BCUT2D eigenvalue weighted by atomic mass is 35.5. The van der Waals surface area contributed by atoms with Crippen molar-refractivity contribution in [3.05, 3.63) is 97.7 Å². The van der Waals surface area contributed by atoms with Gasteiger partial charge in [0.05, 0.1) is 10.9 Å². The van der Waals surface area contributed by atoms with Gasteiger partial charge in [-0.25, -0.2) is 4.39 Å². The summed E-state index contributed by atoms with van der Waals surface area (Å²) in [5.74, 6) is -2.27. The standard InChI is InChI=1S/C25H17Cl5FNO2/c1-12-6-13(2-5-20(12)31)7-21(33)18-11-17(3-4-19(18)28)32-24(34)23-22(25(23,29)30)14-8-15(26)10-16(27)9-14/h2-6,8-11,22-23H,7H2,1H3,(H,32,34). The fourth-order valence-corrected chi connectivity index (χ4v) is 5.55. The van der Waals surface area contributed by atoms with Gasteiger partial charge in [0.15, 0.2) is 5.78 Å². The third kappa shape index (κ3) is 5.22. The van der Waals surface area contributed by atoms with Gasteiger partial charge in [0.2, 0.25) is 5.91 Å². The lowest BCUT2D eigenvalue weighted by Gasteiger charge is -2.10. The quantitative estimate of drug-likeness (QED) is 0.245. The van der Waals surface area contributed by atoms with Crippen LogP contribution in [0.15, 0.2) is 54.6 Å². The lowest BCUT2D eigenvalue weighted by molar-refractivity contribution is -0.117. The highest BCUT2D eigenvalue weighted by molar-refractivity contribution is 6.53. The third-order valence-electron chi connectivity index (χ3n) is 5.70. The molecule has 1 aliphatic rings. The third-order valence-corrected chi connectivity index (χ3v) is 7.41. The van der Waals surface area contributed by atoms with Gasteiger partial charge < -0.3 is 5.32 Å². The summed E-state index contributed by atoms with van der Waals surface area (Å²) in [4.78, 5) is 25.8. The predicted octanol–water partition coefficient (Wildman–Crippen LogP) is 8.05. The number of rotatable bonds is 6. The van der Waals surface area contributed by atoms with E-state index in [1.165, 1.54) is 18.2 Å². The Bertz CT molecular complexity index is 1290. The molecule has 1 saturated carbocycles. The van der Waals surface area contributed by atoms with Crippen molar-refractivity contribution in [2.24, 2.45) is 5.92 Å². The Morgan fingerprint density at radius 3 is 2.29 bits per heavy atom. The largest absolute Gasteiger partial charge is 0.326 e. The van der Waals surface area contributed by atoms with Crippen LogP contribution in [0, 0.1) is 18.7 Å². The zero-order chi connectivity index (χ0) is 24.8. The number of carbonyl (C=O) groups excluding carboxylic acids is 2. The van der Waals surface area contributed by atoms with Crippen LogP contribution in [0.3, 0.4) is 0 Å².